The molecule has 2 rings (SSSR count). The molecule has 1 N–H and O–H groups in total. The molecule has 0 aliphatic rings. The number of nitrogens with one attached hydrogen (secondary N) is 1. The van der Waals surface area contributed by atoms with Crippen LogP contribution >= 0.6 is 0 Å². The van der Waals surface area contributed by atoms with Gasteiger partial charge in [-0.25, -0.2) is 4.39 Å². The normalized spacial score (nSPS) is 10.6. The molecule has 0 amide bonds. The van der Waals surface area contributed by atoms with Crippen LogP contribution in [0.25, 0.3) is 0 Å². The first-order valence-corrected chi connectivity index (χ1v) is 6.78. The summed E-state index contributed by atoms with van der Waals surface area (Å²) in [5, 5.41) is 3.33. The maximum absolute atomic E-state index is 13.4. The van der Waals surface area contributed by atoms with E-state index in [1.807, 2.05) is 31.2 Å². The highest BCUT2D eigenvalue weighted by Crippen LogP contribution is 2.18. The van der Waals surface area contributed by atoms with Crippen molar-refractivity contribution in [1.29, 1.82) is 0 Å². The highest BCUT2D eigenvalue weighted by molar-refractivity contribution is 5.36. The molecule has 0 spiro atoms. The van der Waals surface area contributed by atoms with Gasteiger partial charge >= 0.3 is 0 Å². The Bertz CT molecular complexity index is 569. The monoisotopic (exact) mass is 273 g/mol. The first-order chi connectivity index (χ1) is 9.70. The largest absolute Gasteiger partial charge is 0.496 e. The Balaban J connectivity index is 1.82. The minimum absolute atomic E-state index is 0.130. The third-order valence-corrected chi connectivity index (χ3v) is 3.32. The second-order valence-electron chi connectivity index (χ2n) is 4.82. The zero-order valence-electron chi connectivity index (χ0n) is 11.9. The van der Waals surface area contributed by atoms with Gasteiger partial charge in [-0.05, 0) is 48.7 Å². The van der Waals surface area contributed by atoms with Crippen LogP contribution in [0, 0.1) is 12.7 Å². The Morgan fingerprint density at radius 3 is 2.65 bits per heavy atom. The summed E-state index contributed by atoms with van der Waals surface area (Å²) in [6.45, 7) is 3.56. The molecule has 3 heteroatoms. The number of ether oxygens (including phenoxy) is 1. The molecule has 106 valence electrons. The van der Waals surface area contributed by atoms with Gasteiger partial charge in [0.05, 0.1) is 7.11 Å². The van der Waals surface area contributed by atoms with E-state index in [2.05, 4.69) is 11.4 Å². The van der Waals surface area contributed by atoms with Crippen LogP contribution in [-0.2, 0) is 13.0 Å². The van der Waals surface area contributed by atoms with Gasteiger partial charge in [-0.1, -0.05) is 30.3 Å². The average molecular weight is 273 g/mol. The molecule has 0 radical (unpaired) electrons. The fourth-order valence-electron chi connectivity index (χ4n) is 2.21. The minimum atomic E-state index is -0.130. The lowest BCUT2D eigenvalue weighted by molar-refractivity contribution is 0.411. The molecule has 2 nitrogen and oxygen atoms in total. The minimum Gasteiger partial charge on any atom is -0.496 e. The summed E-state index contributed by atoms with van der Waals surface area (Å²) in [5.74, 6) is 0.773. The van der Waals surface area contributed by atoms with E-state index in [4.69, 9.17) is 4.74 Å². The molecule has 20 heavy (non-hydrogen) atoms. The standard InChI is InChI=1S/C17H20FNO/c1-13-11-14(7-8-17(13)20-2)12-19-10-9-15-5-3-4-6-16(15)18/h3-8,11,19H,9-10,12H2,1-2H3. The second-order valence-corrected chi connectivity index (χ2v) is 4.82. The van der Waals surface area contributed by atoms with Gasteiger partial charge in [0.2, 0.25) is 0 Å². The van der Waals surface area contributed by atoms with Crippen molar-refractivity contribution in [3.8, 4) is 5.75 Å². The fourth-order valence-corrected chi connectivity index (χ4v) is 2.21. The van der Waals surface area contributed by atoms with Crippen molar-refractivity contribution in [3.05, 3.63) is 65.0 Å². The van der Waals surface area contributed by atoms with Crippen LogP contribution in [0.1, 0.15) is 16.7 Å². The molecule has 2 aromatic rings. The lowest BCUT2D eigenvalue weighted by atomic mass is 10.1. The van der Waals surface area contributed by atoms with Gasteiger partial charge in [-0.3, -0.25) is 0 Å². The van der Waals surface area contributed by atoms with E-state index in [0.717, 1.165) is 30.0 Å². The summed E-state index contributed by atoms with van der Waals surface area (Å²) < 4.78 is 18.7. The second kappa shape index (κ2) is 7.06. The highest BCUT2D eigenvalue weighted by atomic mass is 19.1. The number of hydrogen-bond donors (Lipinski definition) is 1. The van der Waals surface area contributed by atoms with Gasteiger partial charge in [0.25, 0.3) is 0 Å². The van der Waals surface area contributed by atoms with Gasteiger partial charge < -0.3 is 10.1 Å². The van der Waals surface area contributed by atoms with E-state index in [-0.39, 0.29) is 5.82 Å². The zero-order valence-corrected chi connectivity index (χ0v) is 11.9. The van der Waals surface area contributed by atoms with Gasteiger partial charge in [-0.2, -0.15) is 0 Å². The summed E-state index contributed by atoms with van der Waals surface area (Å²) in [5.41, 5.74) is 3.09. The van der Waals surface area contributed by atoms with Crippen LogP contribution in [0.5, 0.6) is 5.75 Å². The van der Waals surface area contributed by atoms with Crippen LogP contribution in [-0.4, -0.2) is 13.7 Å². The van der Waals surface area contributed by atoms with E-state index in [9.17, 15) is 4.39 Å². The Kier molecular flexibility index (Phi) is 5.13. The molecule has 0 aliphatic carbocycles. The van der Waals surface area contributed by atoms with Gasteiger partial charge in [0.1, 0.15) is 11.6 Å². The first-order valence-electron chi connectivity index (χ1n) is 6.78. The quantitative estimate of drug-likeness (QED) is 0.814. The van der Waals surface area contributed by atoms with Crippen LogP contribution in [0.3, 0.4) is 0 Å². The highest BCUT2D eigenvalue weighted by Gasteiger charge is 2.01. The molecule has 0 unspecified atom stereocenters. The van der Waals surface area contributed by atoms with Crippen molar-refractivity contribution in [1.82, 2.24) is 5.32 Å². The average Bonchev–Trinajstić information content (AvgIpc) is 2.45. The molecule has 0 heterocycles. The van der Waals surface area contributed by atoms with Crippen molar-refractivity contribution in [3.63, 3.8) is 0 Å². The number of aryl methyl sites for hydroxylation is 1. The van der Waals surface area contributed by atoms with Gasteiger partial charge in [-0.15, -0.1) is 0 Å². The maximum Gasteiger partial charge on any atom is 0.126 e. The molecule has 0 saturated carbocycles. The van der Waals surface area contributed by atoms with Crippen molar-refractivity contribution in [2.75, 3.05) is 13.7 Å². The summed E-state index contributed by atoms with van der Waals surface area (Å²) in [4.78, 5) is 0. The number of hydrogen-bond acceptors (Lipinski definition) is 2. The fraction of sp³-hybridized carbons (Fsp3) is 0.294. The molecule has 0 bridgehead atoms. The summed E-state index contributed by atoms with van der Waals surface area (Å²) in [7, 11) is 1.68. The molecule has 2 aromatic carbocycles. The third-order valence-electron chi connectivity index (χ3n) is 3.32. The van der Waals surface area contributed by atoms with Gasteiger partial charge in [0, 0.05) is 6.54 Å². The van der Waals surface area contributed by atoms with Crippen molar-refractivity contribution in [2.24, 2.45) is 0 Å². The topological polar surface area (TPSA) is 21.3 Å². The molecule has 0 saturated heterocycles. The van der Waals surface area contributed by atoms with Crippen LogP contribution in [0.15, 0.2) is 42.5 Å². The van der Waals surface area contributed by atoms with Crippen LogP contribution in [0.4, 0.5) is 4.39 Å². The van der Waals surface area contributed by atoms with Crippen molar-refractivity contribution >= 4 is 0 Å². The van der Waals surface area contributed by atoms with E-state index >= 15 is 0 Å². The molecule has 0 aromatic heterocycles. The van der Waals surface area contributed by atoms with Gasteiger partial charge in [0.15, 0.2) is 0 Å². The smallest absolute Gasteiger partial charge is 0.126 e. The Morgan fingerprint density at radius 2 is 1.95 bits per heavy atom. The van der Waals surface area contributed by atoms with Crippen LogP contribution in [0.2, 0.25) is 0 Å². The number of methoxy groups -OCH3 is 1. The number of rotatable bonds is 6. The van der Waals surface area contributed by atoms with E-state index < -0.39 is 0 Å². The van der Waals surface area contributed by atoms with E-state index in [1.165, 1.54) is 11.6 Å². The lowest BCUT2D eigenvalue weighted by Gasteiger charge is -2.09. The summed E-state index contributed by atoms with van der Waals surface area (Å²) in [6, 6.07) is 13.0. The Morgan fingerprint density at radius 1 is 1.15 bits per heavy atom. The van der Waals surface area contributed by atoms with E-state index in [0.29, 0.717) is 6.42 Å². The summed E-state index contributed by atoms with van der Waals surface area (Å²) in [6.07, 6.45) is 0.696. The Labute approximate surface area is 119 Å². The predicted molar refractivity (Wildman–Crippen MR) is 79.5 cm³/mol. The van der Waals surface area contributed by atoms with E-state index in [1.54, 1.807) is 13.2 Å². The third kappa shape index (κ3) is 3.81. The zero-order chi connectivity index (χ0) is 14.4. The number of halogens is 1. The molecular weight excluding hydrogens is 253 g/mol. The molecule has 0 fully saturated rings. The Hall–Kier alpha value is -1.87. The number of benzene rings is 2. The summed E-state index contributed by atoms with van der Waals surface area (Å²) >= 11 is 0. The lowest BCUT2D eigenvalue weighted by Crippen LogP contribution is -2.17. The first kappa shape index (κ1) is 14.5. The maximum atomic E-state index is 13.4. The molecular formula is C17H20FNO. The molecule has 0 atom stereocenters. The predicted octanol–water partition coefficient (Wildman–Crippen LogP) is 3.48. The SMILES string of the molecule is COc1ccc(CNCCc2ccccc2F)cc1C. The van der Waals surface area contributed by atoms with Crippen LogP contribution < -0.4 is 10.1 Å². The van der Waals surface area contributed by atoms with Crippen molar-refractivity contribution in [2.45, 2.75) is 19.9 Å². The van der Waals surface area contributed by atoms with Crippen molar-refractivity contribution < 1.29 is 9.13 Å². The molecule has 0 aliphatic heterocycles.